The zero-order valence-corrected chi connectivity index (χ0v) is 15.5. The van der Waals surface area contributed by atoms with Crippen LogP contribution in [0.4, 0.5) is 0 Å². The Morgan fingerprint density at radius 3 is 2.08 bits per heavy atom. The Kier molecular flexibility index (Phi) is 5.12. The van der Waals surface area contributed by atoms with Crippen molar-refractivity contribution in [2.24, 2.45) is 11.3 Å². The highest BCUT2D eigenvalue weighted by Crippen LogP contribution is 2.36. The first-order chi connectivity index (χ1) is 12.3. The molecule has 0 saturated heterocycles. The van der Waals surface area contributed by atoms with E-state index >= 15 is 0 Å². The highest BCUT2D eigenvalue weighted by Gasteiger charge is 2.41. The second-order valence-corrected chi connectivity index (χ2v) is 7.84. The summed E-state index contributed by atoms with van der Waals surface area (Å²) in [6, 6.07) is 16.1. The van der Waals surface area contributed by atoms with Crippen molar-refractivity contribution in [2.45, 2.75) is 39.7 Å². The van der Waals surface area contributed by atoms with E-state index in [9.17, 15) is 9.59 Å². The van der Waals surface area contributed by atoms with Gasteiger partial charge in [0.05, 0.1) is 6.04 Å². The van der Waals surface area contributed by atoms with E-state index in [4.69, 9.17) is 4.74 Å². The predicted molar refractivity (Wildman–Crippen MR) is 101 cm³/mol. The SMILES string of the molecule is CC(C)(C)C(=O)[C@@H](NC(=O)c1ccc(Oc2ccccc2)cc1)C1CC1. The summed E-state index contributed by atoms with van der Waals surface area (Å²) in [5.74, 6) is 1.56. The molecule has 136 valence electrons. The van der Waals surface area contributed by atoms with Gasteiger partial charge in [-0.3, -0.25) is 9.59 Å². The molecule has 4 nitrogen and oxygen atoms in total. The summed E-state index contributed by atoms with van der Waals surface area (Å²) in [7, 11) is 0. The molecule has 1 aliphatic carbocycles. The number of ether oxygens (including phenoxy) is 1. The molecule has 0 aliphatic heterocycles. The van der Waals surface area contributed by atoms with Gasteiger partial charge in [0.15, 0.2) is 5.78 Å². The fourth-order valence-electron chi connectivity index (χ4n) is 2.82. The topological polar surface area (TPSA) is 55.4 Å². The number of rotatable bonds is 6. The molecule has 1 N–H and O–H groups in total. The minimum atomic E-state index is -0.464. The van der Waals surface area contributed by atoms with Crippen molar-refractivity contribution < 1.29 is 14.3 Å². The van der Waals surface area contributed by atoms with Crippen LogP contribution in [0, 0.1) is 11.3 Å². The van der Waals surface area contributed by atoms with Gasteiger partial charge in [0, 0.05) is 11.0 Å². The number of nitrogens with one attached hydrogen (secondary N) is 1. The third-order valence-corrected chi connectivity index (χ3v) is 4.50. The second-order valence-electron chi connectivity index (χ2n) is 7.84. The maximum absolute atomic E-state index is 12.6. The molecule has 4 heteroatoms. The Morgan fingerprint density at radius 1 is 0.962 bits per heavy atom. The standard InChI is InChI=1S/C22H25NO3/c1-22(2,3)20(24)19(15-9-10-15)23-21(25)16-11-13-18(14-12-16)26-17-7-5-4-6-8-17/h4-8,11-15,19H,9-10H2,1-3H3,(H,23,25)/t19-/m0/s1. The zero-order valence-electron chi connectivity index (χ0n) is 15.5. The van der Waals surface area contributed by atoms with E-state index < -0.39 is 11.5 Å². The first kappa shape index (κ1) is 18.2. The minimum absolute atomic E-state index is 0.0948. The maximum atomic E-state index is 12.6. The highest BCUT2D eigenvalue weighted by atomic mass is 16.5. The summed E-state index contributed by atoms with van der Waals surface area (Å²) in [4.78, 5) is 25.2. The molecule has 26 heavy (non-hydrogen) atoms. The van der Waals surface area contributed by atoms with Gasteiger partial charge in [-0.2, -0.15) is 0 Å². The summed E-state index contributed by atoms with van der Waals surface area (Å²) in [6.45, 7) is 5.69. The van der Waals surface area contributed by atoms with Crippen molar-refractivity contribution in [3.05, 3.63) is 60.2 Å². The van der Waals surface area contributed by atoms with Crippen LogP contribution in [0.15, 0.2) is 54.6 Å². The summed E-state index contributed by atoms with van der Waals surface area (Å²) in [5.41, 5.74) is 0.0613. The predicted octanol–water partition coefficient (Wildman–Crippen LogP) is 4.60. The molecule has 1 aliphatic rings. The summed E-state index contributed by atoms with van der Waals surface area (Å²) in [5, 5.41) is 2.94. The number of carbonyl (C=O) groups excluding carboxylic acids is 2. The molecule has 0 aromatic heterocycles. The highest BCUT2D eigenvalue weighted by molar-refractivity contribution is 5.99. The molecule has 2 aromatic carbocycles. The summed E-state index contributed by atoms with van der Waals surface area (Å²) in [6.07, 6.45) is 1.99. The Bertz CT molecular complexity index is 771. The maximum Gasteiger partial charge on any atom is 0.251 e. The van der Waals surface area contributed by atoms with Crippen molar-refractivity contribution in [1.29, 1.82) is 0 Å². The molecule has 0 bridgehead atoms. The fourth-order valence-corrected chi connectivity index (χ4v) is 2.82. The second kappa shape index (κ2) is 7.32. The molecule has 0 heterocycles. The number of Topliss-reactive ketones (excluding diaryl/α,β-unsaturated/α-hetero) is 1. The molecule has 1 atom stereocenters. The van der Waals surface area contributed by atoms with Crippen molar-refractivity contribution in [2.75, 3.05) is 0 Å². The summed E-state index contributed by atoms with van der Waals surface area (Å²) < 4.78 is 5.74. The van der Waals surface area contributed by atoms with E-state index in [1.165, 1.54) is 0 Å². The lowest BCUT2D eigenvalue weighted by atomic mass is 9.84. The van der Waals surface area contributed by atoms with Gasteiger partial charge in [0.2, 0.25) is 0 Å². The van der Waals surface area contributed by atoms with Gasteiger partial charge in [0.1, 0.15) is 11.5 Å². The monoisotopic (exact) mass is 351 g/mol. The average Bonchev–Trinajstić information content (AvgIpc) is 3.44. The van der Waals surface area contributed by atoms with Crippen molar-refractivity contribution in [3.8, 4) is 11.5 Å². The van der Waals surface area contributed by atoms with E-state index in [0.717, 1.165) is 18.6 Å². The minimum Gasteiger partial charge on any atom is -0.457 e. The van der Waals surface area contributed by atoms with Crippen LogP contribution in [0.5, 0.6) is 11.5 Å². The molecule has 0 spiro atoms. The van der Waals surface area contributed by atoms with Crippen LogP contribution in [0.2, 0.25) is 0 Å². The van der Waals surface area contributed by atoms with Gasteiger partial charge in [0.25, 0.3) is 5.91 Å². The van der Waals surface area contributed by atoms with E-state index in [1.54, 1.807) is 24.3 Å². The van der Waals surface area contributed by atoms with Gasteiger partial charge in [-0.1, -0.05) is 39.0 Å². The number of hydrogen-bond donors (Lipinski definition) is 1. The molecular formula is C22H25NO3. The van der Waals surface area contributed by atoms with E-state index in [0.29, 0.717) is 11.3 Å². The van der Waals surface area contributed by atoms with Crippen molar-refractivity contribution in [1.82, 2.24) is 5.32 Å². The van der Waals surface area contributed by atoms with Crippen molar-refractivity contribution in [3.63, 3.8) is 0 Å². The first-order valence-corrected chi connectivity index (χ1v) is 9.03. The number of amides is 1. The average molecular weight is 351 g/mol. The number of benzene rings is 2. The molecule has 0 unspecified atom stereocenters. The number of carbonyl (C=O) groups is 2. The van der Waals surface area contributed by atoms with Gasteiger partial charge in [-0.05, 0) is 55.2 Å². The van der Waals surface area contributed by atoms with Crippen LogP contribution in [-0.4, -0.2) is 17.7 Å². The molecule has 0 radical (unpaired) electrons. The normalized spacial score (nSPS) is 15.2. The van der Waals surface area contributed by atoms with Gasteiger partial charge in [-0.25, -0.2) is 0 Å². The Morgan fingerprint density at radius 2 is 1.54 bits per heavy atom. The van der Waals surface area contributed by atoms with Crippen LogP contribution < -0.4 is 10.1 Å². The first-order valence-electron chi connectivity index (χ1n) is 9.03. The van der Waals surface area contributed by atoms with E-state index in [1.807, 2.05) is 51.1 Å². The van der Waals surface area contributed by atoms with Gasteiger partial charge >= 0.3 is 0 Å². The lowest BCUT2D eigenvalue weighted by molar-refractivity contribution is -0.128. The van der Waals surface area contributed by atoms with E-state index in [2.05, 4.69) is 5.32 Å². The Hall–Kier alpha value is -2.62. The zero-order chi connectivity index (χ0) is 18.7. The quantitative estimate of drug-likeness (QED) is 0.827. The van der Waals surface area contributed by atoms with Crippen LogP contribution in [0.25, 0.3) is 0 Å². The van der Waals surface area contributed by atoms with Crippen LogP contribution in [0.3, 0.4) is 0 Å². The largest absolute Gasteiger partial charge is 0.457 e. The van der Waals surface area contributed by atoms with Crippen LogP contribution in [0.1, 0.15) is 44.0 Å². The van der Waals surface area contributed by atoms with Crippen molar-refractivity contribution >= 4 is 11.7 Å². The molecule has 3 rings (SSSR count). The number of ketones is 1. The van der Waals surface area contributed by atoms with Crippen LogP contribution in [-0.2, 0) is 4.79 Å². The number of para-hydroxylation sites is 1. The lowest BCUT2D eigenvalue weighted by Crippen LogP contribution is -2.47. The molecular weight excluding hydrogens is 326 g/mol. The molecule has 1 fully saturated rings. The van der Waals surface area contributed by atoms with Gasteiger partial charge in [-0.15, -0.1) is 0 Å². The van der Waals surface area contributed by atoms with Gasteiger partial charge < -0.3 is 10.1 Å². The summed E-state index contributed by atoms with van der Waals surface area (Å²) >= 11 is 0. The third kappa shape index (κ3) is 4.51. The van der Waals surface area contributed by atoms with E-state index in [-0.39, 0.29) is 17.6 Å². The molecule has 1 amide bonds. The number of hydrogen-bond acceptors (Lipinski definition) is 3. The Balaban J connectivity index is 1.66. The lowest BCUT2D eigenvalue weighted by Gasteiger charge is -2.25. The molecule has 2 aromatic rings. The third-order valence-electron chi connectivity index (χ3n) is 4.50. The fraction of sp³-hybridized carbons (Fsp3) is 0.364. The Labute approximate surface area is 154 Å². The molecule has 1 saturated carbocycles. The smallest absolute Gasteiger partial charge is 0.251 e. The van der Waals surface area contributed by atoms with Crippen LogP contribution >= 0.6 is 0 Å².